The van der Waals surface area contributed by atoms with E-state index in [0.29, 0.717) is 35.7 Å². The predicted octanol–water partition coefficient (Wildman–Crippen LogP) is 2.96. The van der Waals surface area contributed by atoms with Crippen LogP contribution in [-0.4, -0.2) is 30.6 Å². The number of ether oxygens (including phenoxy) is 1. The maximum atomic E-state index is 12.1. The molecule has 0 aliphatic carbocycles. The standard InChI is InChI=1S/C23H23N5O2/c24-10-16-2-1-3-19(23(26)29)22(16)20-9-18(27-11-15-4-6-30-7-5-15)8-17-12-28(14-25)13-21(17)20/h1-3,8-9,15,27H,4-7,11-13H2,(H2,26,29). The minimum absolute atomic E-state index is 0.313. The fraction of sp³-hybridized carbons (Fsp3) is 0.348. The maximum Gasteiger partial charge on any atom is 0.249 e. The van der Waals surface area contributed by atoms with Gasteiger partial charge in [-0.3, -0.25) is 4.79 Å². The summed E-state index contributed by atoms with van der Waals surface area (Å²) in [5.74, 6) is -0.0369. The van der Waals surface area contributed by atoms with Crippen LogP contribution >= 0.6 is 0 Å². The molecule has 7 heteroatoms. The van der Waals surface area contributed by atoms with E-state index in [1.165, 1.54) is 0 Å². The van der Waals surface area contributed by atoms with E-state index in [4.69, 9.17) is 10.5 Å². The van der Waals surface area contributed by atoms with E-state index in [2.05, 4.69) is 23.6 Å². The molecule has 3 N–H and O–H groups in total. The summed E-state index contributed by atoms with van der Waals surface area (Å²) in [5, 5.41) is 22.6. The number of carbonyl (C=O) groups excluding carboxylic acids is 1. The van der Waals surface area contributed by atoms with Gasteiger partial charge in [-0.15, -0.1) is 0 Å². The van der Waals surface area contributed by atoms with Crippen LogP contribution in [0, 0.1) is 28.7 Å². The second-order valence-electron chi connectivity index (χ2n) is 7.76. The number of carbonyl (C=O) groups is 1. The number of nitrogens with zero attached hydrogens (tertiary/aromatic N) is 3. The van der Waals surface area contributed by atoms with Crippen LogP contribution in [-0.2, 0) is 17.8 Å². The van der Waals surface area contributed by atoms with Gasteiger partial charge in [-0.25, -0.2) is 0 Å². The molecule has 4 rings (SSSR count). The van der Waals surface area contributed by atoms with Gasteiger partial charge in [0.05, 0.1) is 24.7 Å². The third kappa shape index (κ3) is 3.80. The molecular weight excluding hydrogens is 378 g/mol. The lowest BCUT2D eigenvalue weighted by Crippen LogP contribution is -2.22. The summed E-state index contributed by atoms with van der Waals surface area (Å²) < 4.78 is 5.44. The Hall–Kier alpha value is -3.55. The normalized spacial score (nSPS) is 15.9. The number of anilines is 1. The predicted molar refractivity (Wildman–Crippen MR) is 112 cm³/mol. The molecule has 0 bridgehead atoms. The highest BCUT2D eigenvalue weighted by Crippen LogP contribution is 2.38. The van der Waals surface area contributed by atoms with Crippen molar-refractivity contribution in [1.82, 2.24) is 4.90 Å². The zero-order valence-electron chi connectivity index (χ0n) is 16.6. The number of nitriles is 2. The largest absolute Gasteiger partial charge is 0.385 e. The lowest BCUT2D eigenvalue weighted by Gasteiger charge is -2.23. The highest BCUT2D eigenvalue weighted by atomic mass is 16.5. The highest BCUT2D eigenvalue weighted by molar-refractivity contribution is 6.02. The molecular formula is C23H23N5O2. The zero-order chi connectivity index (χ0) is 21.1. The second-order valence-corrected chi connectivity index (χ2v) is 7.76. The van der Waals surface area contributed by atoms with Gasteiger partial charge in [0.15, 0.2) is 6.19 Å². The lowest BCUT2D eigenvalue weighted by atomic mass is 9.89. The Morgan fingerprint density at radius 1 is 1.23 bits per heavy atom. The molecule has 7 nitrogen and oxygen atoms in total. The van der Waals surface area contributed by atoms with Crippen LogP contribution in [0.1, 0.15) is 39.9 Å². The molecule has 30 heavy (non-hydrogen) atoms. The Morgan fingerprint density at radius 2 is 2.03 bits per heavy atom. The van der Waals surface area contributed by atoms with Gasteiger partial charge in [-0.05, 0) is 59.7 Å². The van der Waals surface area contributed by atoms with Gasteiger partial charge in [0, 0.05) is 36.6 Å². The Bertz CT molecular complexity index is 1060. The van der Waals surface area contributed by atoms with Crippen LogP contribution < -0.4 is 11.1 Å². The average molecular weight is 401 g/mol. The number of nitrogens with one attached hydrogen (secondary N) is 1. The molecule has 0 unspecified atom stereocenters. The minimum atomic E-state index is -0.577. The number of fused-ring (bicyclic) bond motifs is 1. The van der Waals surface area contributed by atoms with Gasteiger partial charge in [-0.1, -0.05) is 6.07 Å². The quantitative estimate of drug-likeness (QED) is 0.744. The molecule has 152 valence electrons. The third-order valence-corrected chi connectivity index (χ3v) is 5.85. The first-order chi connectivity index (χ1) is 14.6. The molecule has 2 heterocycles. The molecule has 0 saturated carbocycles. The Kier molecular flexibility index (Phi) is 5.56. The van der Waals surface area contributed by atoms with Crippen molar-refractivity contribution in [2.75, 3.05) is 25.1 Å². The van der Waals surface area contributed by atoms with Crippen LogP contribution in [0.25, 0.3) is 11.1 Å². The molecule has 1 amide bonds. The molecule has 0 atom stereocenters. The average Bonchev–Trinajstić information content (AvgIpc) is 3.20. The van der Waals surface area contributed by atoms with E-state index < -0.39 is 5.91 Å². The first kappa shape index (κ1) is 19.8. The summed E-state index contributed by atoms with van der Waals surface area (Å²) in [6, 6.07) is 11.2. The van der Waals surface area contributed by atoms with Gasteiger partial charge in [0.2, 0.25) is 5.91 Å². The molecule has 0 radical (unpaired) electrons. The van der Waals surface area contributed by atoms with Crippen molar-refractivity contribution in [2.24, 2.45) is 11.7 Å². The molecule has 2 aliphatic heterocycles. The van der Waals surface area contributed by atoms with Gasteiger partial charge in [0.1, 0.15) is 0 Å². The van der Waals surface area contributed by atoms with E-state index in [0.717, 1.165) is 55.0 Å². The molecule has 0 aromatic heterocycles. The van der Waals surface area contributed by atoms with E-state index in [-0.39, 0.29) is 0 Å². The topological polar surface area (TPSA) is 115 Å². The van der Waals surface area contributed by atoms with Crippen molar-refractivity contribution in [3.05, 3.63) is 52.6 Å². The fourth-order valence-corrected chi connectivity index (χ4v) is 4.26. The van der Waals surface area contributed by atoms with Crippen molar-refractivity contribution >= 4 is 11.6 Å². The van der Waals surface area contributed by atoms with Crippen molar-refractivity contribution in [3.63, 3.8) is 0 Å². The zero-order valence-corrected chi connectivity index (χ0v) is 16.6. The second kappa shape index (κ2) is 8.44. The summed E-state index contributed by atoms with van der Waals surface area (Å²) >= 11 is 0. The van der Waals surface area contributed by atoms with Crippen LogP contribution in [0.5, 0.6) is 0 Å². The lowest BCUT2D eigenvalue weighted by molar-refractivity contribution is 0.0699. The monoisotopic (exact) mass is 401 g/mol. The number of rotatable bonds is 5. The maximum absolute atomic E-state index is 12.1. The van der Waals surface area contributed by atoms with Crippen LogP contribution in [0.4, 0.5) is 5.69 Å². The van der Waals surface area contributed by atoms with Crippen molar-refractivity contribution in [3.8, 4) is 23.4 Å². The van der Waals surface area contributed by atoms with E-state index in [1.807, 2.05) is 6.07 Å². The van der Waals surface area contributed by atoms with Crippen molar-refractivity contribution in [1.29, 1.82) is 10.5 Å². The number of amides is 1. The Labute approximate surface area is 175 Å². The number of nitrogens with two attached hydrogens (primary N) is 1. The number of primary amides is 1. The highest BCUT2D eigenvalue weighted by Gasteiger charge is 2.26. The summed E-state index contributed by atoms with van der Waals surface area (Å²) in [6.07, 6.45) is 4.25. The van der Waals surface area contributed by atoms with Gasteiger partial charge in [0.25, 0.3) is 0 Å². The third-order valence-electron chi connectivity index (χ3n) is 5.85. The Morgan fingerprint density at radius 3 is 2.73 bits per heavy atom. The smallest absolute Gasteiger partial charge is 0.249 e. The molecule has 1 saturated heterocycles. The van der Waals surface area contributed by atoms with Gasteiger partial charge in [-0.2, -0.15) is 10.5 Å². The molecule has 2 aromatic carbocycles. The van der Waals surface area contributed by atoms with Crippen LogP contribution in [0.2, 0.25) is 0 Å². The number of benzene rings is 2. The molecule has 2 aliphatic rings. The summed E-state index contributed by atoms with van der Waals surface area (Å²) in [4.78, 5) is 13.8. The minimum Gasteiger partial charge on any atom is -0.385 e. The van der Waals surface area contributed by atoms with E-state index in [9.17, 15) is 15.3 Å². The first-order valence-corrected chi connectivity index (χ1v) is 10.1. The van der Waals surface area contributed by atoms with Crippen LogP contribution in [0.15, 0.2) is 30.3 Å². The van der Waals surface area contributed by atoms with Crippen LogP contribution in [0.3, 0.4) is 0 Å². The summed E-state index contributed by atoms with van der Waals surface area (Å²) in [5.41, 5.74) is 10.6. The molecule has 2 aromatic rings. The fourth-order valence-electron chi connectivity index (χ4n) is 4.26. The molecule has 1 fully saturated rings. The number of hydrogen-bond acceptors (Lipinski definition) is 6. The van der Waals surface area contributed by atoms with Crippen molar-refractivity contribution < 1.29 is 9.53 Å². The van der Waals surface area contributed by atoms with Gasteiger partial charge < -0.3 is 20.7 Å². The van der Waals surface area contributed by atoms with E-state index >= 15 is 0 Å². The summed E-state index contributed by atoms with van der Waals surface area (Å²) in [6.45, 7) is 3.35. The van der Waals surface area contributed by atoms with E-state index in [1.54, 1.807) is 23.1 Å². The molecule has 0 spiro atoms. The number of hydrogen-bond donors (Lipinski definition) is 2. The summed E-state index contributed by atoms with van der Waals surface area (Å²) in [7, 11) is 0. The first-order valence-electron chi connectivity index (χ1n) is 10.1. The Balaban J connectivity index is 1.78. The van der Waals surface area contributed by atoms with Crippen molar-refractivity contribution in [2.45, 2.75) is 25.9 Å². The van der Waals surface area contributed by atoms with Gasteiger partial charge >= 0.3 is 0 Å². The SMILES string of the molecule is N#Cc1cccc(C(N)=O)c1-c1cc(NCC2CCOCC2)cc2c1CN(C#N)C2.